The van der Waals surface area contributed by atoms with Crippen molar-refractivity contribution in [3.05, 3.63) is 29.3 Å². The van der Waals surface area contributed by atoms with Gasteiger partial charge in [0.2, 0.25) is 6.08 Å². The van der Waals surface area contributed by atoms with Crippen molar-refractivity contribution >= 4 is 6.08 Å². The highest BCUT2D eigenvalue weighted by atomic mass is 16.5. The number of benzene rings is 1. The standard InChI is InChI=1S/C13H15NO3/c1-16-8-10-7-11(17-2)3-4-12(10)13(5-6-13)14-9-15/h3-4,7H,5-6,8H2,1-2H3. The minimum Gasteiger partial charge on any atom is -0.497 e. The van der Waals surface area contributed by atoms with Gasteiger partial charge in [-0.25, -0.2) is 4.79 Å². The fraction of sp³-hybridized carbons (Fsp3) is 0.462. The van der Waals surface area contributed by atoms with E-state index in [1.807, 2.05) is 18.2 Å². The SMILES string of the molecule is COCc1cc(OC)ccc1C1(N=C=O)CC1. The normalized spacial score (nSPS) is 16.1. The lowest BCUT2D eigenvalue weighted by atomic mass is 9.99. The minimum absolute atomic E-state index is 0.359. The van der Waals surface area contributed by atoms with Crippen LogP contribution >= 0.6 is 0 Å². The first-order valence-corrected chi connectivity index (χ1v) is 5.51. The predicted octanol–water partition coefficient (Wildman–Crippen LogP) is 2.17. The molecule has 1 aromatic rings. The summed E-state index contributed by atoms with van der Waals surface area (Å²) in [7, 11) is 3.27. The first-order chi connectivity index (χ1) is 8.25. The average molecular weight is 233 g/mol. The van der Waals surface area contributed by atoms with Crippen molar-refractivity contribution in [1.82, 2.24) is 0 Å². The monoisotopic (exact) mass is 233 g/mol. The molecule has 2 rings (SSSR count). The van der Waals surface area contributed by atoms with Crippen molar-refractivity contribution < 1.29 is 14.3 Å². The summed E-state index contributed by atoms with van der Waals surface area (Å²) in [6, 6.07) is 5.77. The highest BCUT2D eigenvalue weighted by Gasteiger charge is 2.46. The lowest BCUT2D eigenvalue weighted by Crippen LogP contribution is -2.07. The molecule has 0 aromatic heterocycles. The number of rotatable bonds is 5. The van der Waals surface area contributed by atoms with Crippen LogP contribution in [0.1, 0.15) is 24.0 Å². The van der Waals surface area contributed by atoms with Crippen molar-refractivity contribution in [2.24, 2.45) is 4.99 Å². The van der Waals surface area contributed by atoms with Crippen molar-refractivity contribution in [3.8, 4) is 5.75 Å². The molecule has 17 heavy (non-hydrogen) atoms. The molecule has 0 aliphatic heterocycles. The van der Waals surface area contributed by atoms with Crippen LogP contribution in [0.3, 0.4) is 0 Å². The summed E-state index contributed by atoms with van der Waals surface area (Å²) in [5.41, 5.74) is 1.70. The second kappa shape index (κ2) is 4.70. The third kappa shape index (κ3) is 2.23. The maximum atomic E-state index is 10.5. The van der Waals surface area contributed by atoms with Crippen LogP contribution in [0.15, 0.2) is 23.2 Å². The van der Waals surface area contributed by atoms with Gasteiger partial charge in [-0.1, -0.05) is 6.07 Å². The fourth-order valence-electron chi connectivity index (χ4n) is 2.07. The lowest BCUT2D eigenvalue weighted by molar-refractivity contribution is 0.183. The van der Waals surface area contributed by atoms with Gasteiger partial charge in [-0.3, -0.25) is 0 Å². The summed E-state index contributed by atoms with van der Waals surface area (Å²) in [6.07, 6.45) is 3.46. The summed E-state index contributed by atoms with van der Waals surface area (Å²) in [5.74, 6) is 0.784. The maximum Gasteiger partial charge on any atom is 0.235 e. The van der Waals surface area contributed by atoms with Crippen LogP contribution in [0.25, 0.3) is 0 Å². The number of nitrogens with zero attached hydrogens (tertiary/aromatic N) is 1. The third-order valence-electron chi connectivity index (χ3n) is 3.10. The topological polar surface area (TPSA) is 47.9 Å². The zero-order chi connectivity index (χ0) is 12.3. The summed E-state index contributed by atoms with van der Waals surface area (Å²) < 4.78 is 10.4. The molecule has 0 radical (unpaired) electrons. The second-order valence-corrected chi connectivity index (χ2v) is 4.19. The van der Waals surface area contributed by atoms with Crippen LogP contribution in [0.5, 0.6) is 5.75 Å². The van der Waals surface area contributed by atoms with E-state index in [4.69, 9.17) is 9.47 Å². The molecule has 0 bridgehead atoms. The summed E-state index contributed by atoms with van der Waals surface area (Å²) in [5, 5.41) is 0. The van der Waals surface area contributed by atoms with Gasteiger partial charge in [0.25, 0.3) is 0 Å². The first kappa shape index (κ1) is 11.8. The lowest BCUT2D eigenvalue weighted by Gasteiger charge is -2.15. The average Bonchev–Trinajstić information content (AvgIpc) is 3.11. The number of methoxy groups -OCH3 is 2. The molecule has 0 atom stereocenters. The Balaban J connectivity index is 2.42. The molecular weight excluding hydrogens is 218 g/mol. The quantitative estimate of drug-likeness (QED) is 0.578. The zero-order valence-corrected chi connectivity index (χ0v) is 10.0. The van der Waals surface area contributed by atoms with Gasteiger partial charge >= 0.3 is 0 Å². The smallest absolute Gasteiger partial charge is 0.235 e. The van der Waals surface area contributed by atoms with Crippen molar-refractivity contribution in [2.75, 3.05) is 14.2 Å². The van der Waals surface area contributed by atoms with E-state index in [0.29, 0.717) is 6.61 Å². The van der Waals surface area contributed by atoms with Gasteiger partial charge < -0.3 is 9.47 Å². The fourth-order valence-corrected chi connectivity index (χ4v) is 2.07. The van der Waals surface area contributed by atoms with Gasteiger partial charge in [0.15, 0.2) is 0 Å². The first-order valence-electron chi connectivity index (χ1n) is 5.51. The molecule has 90 valence electrons. The molecule has 0 unspecified atom stereocenters. The van der Waals surface area contributed by atoms with E-state index in [0.717, 1.165) is 29.7 Å². The predicted molar refractivity (Wildman–Crippen MR) is 62.7 cm³/mol. The molecule has 0 saturated heterocycles. The van der Waals surface area contributed by atoms with Crippen LogP contribution in [0.4, 0.5) is 0 Å². The molecule has 0 spiro atoms. The summed E-state index contributed by atoms with van der Waals surface area (Å²) in [6.45, 7) is 0.489. The van der Waals surface area contributed by atoms with E-state index in [9.17, 15) is 4.79 Å². The third-order valence-corrected chi connectivity index (χ3v) is 3.10. The number of carbonyl (C=O) groups excluding carboxylic acids is 1. The molecule has 1 aliphatic rings. The van der Waals surface area contributed by atoms with Crippen molar-refractivity contribution in [2.45, 2.75) is 25.0 Å². The summed E-state index contributed by atoms with van der Waals surface area (Å²) in [4.78, 5) is 14.4. The van der Waals surface area contributed by atoms with E-state index in [1.165, 1.54) is 0 Å². The van der Waals surface area contributed by atoms with Crippen molar-refractivity contribution in [3.63, 3.8) is 0 Å². The molecule has 0 heterocycles. The van der Waals surface area contributed by atoms with Crippen LogP contribution in [0.2, 0.25) is 0 Å². The van der Waals surface area contributed by atoms with E-state index < -0.39 is 0 Å². The van der Waals surface area contributed by atoms with Gasteiger partial charge in [-0.2, -0.15) is 4.99 Å². The maximum absolute atomic E-state index is 10.5. The molecule has 1 saturated carbocycles. The van der Waals surface area contributed by atoms with E-state index in [-0.39, 0.29) is 5.54 Å². The number of hydrogen-bond acceptors (Lipinski definition) is 4. The van der Waals surface area contributed by atoms with E-state index >= 15 is 0 Å². The zero-order valence-electron chi connectivity index (χ0n) is 10.0. The summed E-state index contributed by atoms with van der Waals surface area (Å²) >= 11 is 0. The Bertz CT molecular complexity index is 460. The Hall–Kier alpha value is -1.64. The Morgan fingerprint density at radius 1 is 1.41 bits per heavy atom. The second-order valence-electron chi connectivity index (χ2n) is 4.19. The van der Waals surface area contributed by atoms with Gasteiger partial charge in [0.1, 0.15) is 5.75 Å². The number of aliphatic imine (C=N–C) groups is 1. The van der Waals surface area contributed by atoms with Crippen LogP contribution in [-0.4, -0.2) is 20.3 Å². The number of isocyanates is 1. The molecule has 1 aliphatic carbocycles. The molecule has 4 heteroatoms. The minimum atomic E-state index is -0.359. The molecule has 1 fully saturated rings. The van der Waals surface area contributed by atoms with E-state index in [1.54, 1.807) is 20.3 Å². The molecule has 0 amide bonds. The van der Waals surface area contributed by atoms with Crippen LogP contribution in [-0.2, 0) is 21.7 Å². The van der Waals surface area contributed by atoms with E-state index in [2.05, 4.69) is 4.99 Å². The molecule has 0 N–H and O–H groups in total. The Morgan fingerprint density at radius 3 is 2.71 bits per heavy atom. The highest BCUT2D eigenvalue weighted by molar-refractivity contribution is 5.46. The van der Waals surface area contributed by atoms with Gasteiger partial charge in [0.05, 0.1) is 19.3 Å². The van der Waals surface area contributed by atoms with Gasteiger partial charge in [0, 0.05) is 7.11 Å². The van der Waals surface area contributed by atoms with Crippen LogP contribution < -0.4 is 4.74 Å². The number of hydrogen-bond donors (Lipinski definition) is 0. The molecule has 4 nitrogen and oxygen atoms in total. The Morgan fingerprint density at radius 2 is 2.18 bits per heavy atom. The Kier molecular flexibility index (Phi) is 3.27. The van der Waals surface area contributed by atoms with Crippen LogP contribution in [0, 0.1) is 0 Å². The largest absolute Gasteiger partial charge is 0.497 e. The highest BCUT2D eigenvalue weighted by Crippen LogP contribution is 2.50. The van der Waals surface area contributed by atoms with Gasteiger partial charge in [-0.15, -0.1) is 0 Å². The Labute approximate surface area is 100 Å². The molecular formula is C13H15NO3. The van der Waals surface area contributed by atoms with Crippen molar-refractivity contribution in [1.29, 1.82) is 0 Å². The molecule has 1 aromatic carbocycles. The van der Waals surface area contributed by atoms with Gasteiger partial charge in [-0.05, 0) is 36.1 Å². The number of ether oxygens (including phenoxy) is 2.